The molecule has 1 aliphatic carbocycles. The van der Waals surface area contributed by atoms with Crippen molar-refractivity contribution in [3.63, 3.8) is 0 Å². The molecule has 6 heteroatoms. The Morgan fingerprint density at radius 1 is 1.33 bits per heavy atom. The van der Waals surface area contributed by atoms with Crippen molar-refractivity contribution in [2.75, 3.05) is 0 Å². The first-order valence-electron chi connectivity index (χ1n) is 7.07. The molecule has 0 saturated heterocycles. The number of rotatable bonds is 4. The molecule has 1 aromatic carbocycles. The van der Waals surface area contributed by atoms with Crippen LogP contribution in [0.15, 0.2) is 18.2 Å². The molecular weight excluding hydrogens is 274 g/mol. The lowest BCUT2D eigenvalue weighted by Crippen LogP contribution is -2.28. The molecule has 0 heterocycles. The van der Waals surface area contributed by atoms with Gasteiger partial charge in [0.15, 0.2) is 0 Å². The lowest BCUT2D eigenvalue weighted by atomic mass is 9.80. The zero-order chi connectivity index (χ0) is 15.6. The first-order valence-corrected chi connectivity index (χ1v) is 7.07. The Hall–Kier alpha value is -2.11. The SMILES string of the molecule is CC1CCC(Oc2ccc(C(=O)O)c([N+](=O)[O-])c2)CC1C. The van der Waals surface area contributed by atoms with E-state index in [2.05, 4.69) is 13.8 Å². The third-order valence-electron chi connectivity index (χ3n) is 4.25. The molecule has 0 bridgehead atoms. The summed E-state index contributed by atoms with van der Waals surface area (Å²) in [6.07, 6.45) is 2.93. The molecule has 0 amide bonds. The van der Waals surface area contributed by atoms with Crippen LogP contribution in [0.4, 0.5) is 5.69 Å². The van der Waals surface area contributed by atoms with Gasteiger partial charge in [0.1, 0.15) is 11.3 Å². The second kappa shape index (κ2) is 6.11. The predicted molar refractivity (Wildman–Crippen MR) is 76.7 cm³/mol. The van der Waals surface area contributed by atoms with Gasteiger partial charge in [-0.05, 0) is 43.2 Å². The molecule has 0 radical (unpaired) electrons. The van der Waals surface area contributed by atoms with Crippen LogP contribution >= 0.6 is 0 Å². The molecule has 3 atom stereocenters. The summed E-state index contributed by atoms with van der Waals surface area (Å²) < 4.78 is 5.80. The highest BCUT2D eigenvalue weighted by Crippen LogP contribution is 2.33. The van der Waals surface area contributed by atoms with E-state index >= 15 is 0 Å². The van der Waals surface area contributed by atoms with E-state index in [0.717, 1.165) is 19.3 Å². The molecule has 6 nitrogen and oxygen atoms in total. The number of nitro groups is 1. The van der Waals surface area contributed by atoms with Gasteiger partial charge in [-0.3, -0.25) is 10.1 Å². The van der Waals surface area contributed by atoms with Crippen LogP contribution in [0, 0.1) is 22.0 Å². The van der Waals surface area contributed by atoms with Crippen LogP contribution in [-0.2, 0) is 0 Å². The number of nitro benzene ring substituents is 1. The molecule has 1 saturated carbocycles. The van der Waals surface area contributed by atoms with Crippen LogP contribution < -0.4 is 4.74 Å². The summed E-state index contributed by atoms with van der Waals surface area (Å²) in [7, 11) is 0. The van der Waals surface area contributed by atoms with Gasteiger partial charge in [0, 0.05) is 0 Å². The predicted octanol–water partition coefficient (Wildman–Crippen LogP) is 3.50. The maximum absolute atomic E-state index is 11.0. The zero-order valence-corrected chi connectivity index (χ0v) is 12.1. The molecule has 1 fully saturated rings. The summed E-state index contributed by atoms with van der Waals surface area (Å²) in [5.41, 5.74) is -0.754. The van der Waals surface area contributed by atoms with Crippen molar-refractivity contribution >= 4 is 11.7 Å². The summed E-state index contributed by atoms with van der Waals surface area (Å²) in [5.74, 6) is 0.261. The van der Waals surface area contributed by atoms with Crippen molar-refractivity contribution in [3.8, 4) is 5.75 Å². The van der Waals surface area contributed by atoms with Crippen molar-refractivity contribution in [3.05, 3.63) is 33.9 Å². The molecule has 0 aromatic heterocycles. The molecule has 2 rings (SSSR count). The summed E-state index contributed by atoms with van der Waals surface area (Å²) >= 11 is 0. The van der Waals surface area contributed by atoms with Gasteiger partial charge in [0.2, 0.25) is 0 Å². The number of benzene rings is 1. The van der Waals surface area contributed by atoms with E-state index in [9.17, 15) is 14.9 Å². The van der Waals surface area contributed by atoms with Gasteiger partial charge < -0.3 is 9.84 Å². The van der Waals surface area contributed by atoms with Crippen molar-refractivity contribution in [1.29, 1.82) is 0 Å². The Morgan fingerprint density at radius 2 is 2.05 bits per heavy atom. The van der Waals surface area contributed by atoms with Crippen LogP contribution in [0.3, 0.4) is 0 Å². The minimum absolute atomic E-state index is 0.0338. The summed E-state index contributed by atoms with van der Waals surface area (Å²) in [5, 5.41) is 19.9. The standard InChI is InChI=1S/C15H19NO5/c1-9-3-4-11(7-10(9)2)21-12-5-6-13(15(17)18)14(8-12)16(19)20/h5-6,8-11H,3-4,7H2,1-2H3,(H,17,18). The molecule has 1 aromatic rings. The first kappa shape index (κ1) is 15.3. The maximum atomic E-state index is 11.0. The smallest absolute Gasteiger partial charge is 0.342 e. The van der Waals surface area contributed by atoms with Crippen molar-refractivity contribution in [1.82, 2.24) is 0 Å². The Labute approximate surface area is 122 Å². The van der Waals surface area contributed by atoms with Crippen LogP contribution in [0.5, 0.6) is 5.75 Å². The average molecular weight is 293 g/mol. The third-order valence-corrected chi connectivity index (χ3v) is 4.25. The number of hydrogen-bond donors (Lipinski definition) is 1. The second-order valence-electron chi connectivity index (χ2n) is 5.75. The van der Waals surface area contributed by atoms with E-state index in [1.807, 2.05) is 0 Å². The lowest BCUT2D eigenvalue weighted by molar-refractivity contribution is -0.385. The Balaban J connectivity index is 2.16. The van der Waals surface area contributed by atoms with Gasteiger partial charge in [0.05, 0.1) is 17.1 Å². The lowest BCUT2D eigenvalue weighted by Gasteiger charge is -2.32. The summed E-state index contributed by atoms with van der Waals surface area (Å²) in [4.78, 5) is 21.2. The van der Waals surface area contributed by atoms with E-state index in [4.69, 9.17) is 9.84 Å². The largest absolute Gasteiger partial charge is 0.490 e. The van der Waals surface area contributed by atoms with Gasteiger partial charge in [-0.2, -0.15) is 0 Å². The Kier molecular flexibility index (Phi) is 4.45. The first-order chi connectivity index (χ1) is 9.88. The van der Waals surface area contributed by atoms with Crippen molar-refractivity contribution < 1.29 is 19.6 Å². The van der Waals surface area contributed by atoms with E-state index in [0.29, 0.717) is 17.6 Å². The second-order valence-corrected chi connectivity index (χ2v) is 5.75. The third kappa shape index (κ3) is 3.51. The molecule has 114 valence electrons. The maximum Gasteiger partial charge on any atom is 0.342 e. The monoisotopic (exact) mass is 293 g/mol. The van der Waals surface area contributed by atoms with Crippen LogP contribution in [0.25, 0.3) is 0 Å². The summed E-state index contributed by atoms with van der Waals surface area (Å²) in [6, 6.07) is 3.91. The number of nitrogens with zero attached hydrogens (tertiary/aromatic N) is 1. The number of carboxylic acids is 1. The van der Waals surface area contributed by atoms with Crippen molar-refractivity contribution in [2.45, 2.75) is 39.2 Å². The van der Waals surface area contributed by atoms with Crippen LogP contribution in [-0.4, -0.2) is 22.1 Å². The minimum Gasteiger partial charge on any atom is -0.490 e. The Morgan fingerprint density at radius 3 is 2.62 bits per heavy atom. The van der Waals surface area contributed by atoms with E-state index in [-0.39, 0.29) is 11.7 Å². The number of ether oxygens (including phenoxy) is 1. The molecule has 21 heavy (non-hydrogen) atoms. The highest BCUT2D eigenvalue weighted by Gasteiger charge is 2.27. The van der Waals surface area contributed by atoms with Gasteiger partial charge in [-0.25, -0.2) is 4.79 Å². The van der Waals surface area contributed by atoms with Crippen LogP contribution in [0.1, 0.15) is 43.5 Å². The molecule has 3 unspecified atom stereocenters. The van der Waals surface area contributed by atoms with Crippen LogP contribution in [0.2, 0.25) is 0 Å². The average Bonchev–Trinajstić information content (AvgIpc) is 2.42. The Bertz CT molecular complexity index is 557. The minimum atomic E-state index is -1.31. The highest BCUT2D eigenvalue weighted by atomic mass is 16.6. The van der Waals surface area contributed by atoms with Gasteiger partial charge in [-0.15, -0.1) is 0 Å². The van der Waals surface area contributed by atoms with E-state index in [1.54, 1.807) is 0 Å². The number of aromatic carboxylic acids is 1. The normalized spacial score (nSPS) is 25.3. The van der Waals surface area contributed by atoms with Gasteiger partial charge in [-0.1, -0.05) is 13.8 Å². The fourth-order valence-electron chi connectivity index (χ4n) is 2.71. The zero-order valence-electron chi connectivity index (χ0n) is 12.1. The number of hydrogen-bond acceptors (Lipinski definition) is 4. The molecule has 0 aliphatic heterocycles. The van der Waals surface area contributed by atoms with Gasteiger partial charge >= 0.3 is 5.97 Å². The molecular formula is C15H19NO5. The number of carboxylic acid groups (broad SMARTS) is 1. The molecule has 0 spiro atoms. The fraction of sp³-hybridized carbons (Fsp3) is 0.533. The number of carbonyl (C=O) groups is 1. The van der Waals surface area contributed by atoms with E-state index in [1.165, 1.54) is 18.2 Å². The van der Waals surface area contributed by atoms with E-state index < -0.39 is 16.6 Å². The molecule has 1 aliphatic rings. The summed E-state index contributed by atoms with van der Waals surface area (Å²) in [6.45, 7) is 4.39. The quantitative estimate of drug-likeness (QED) is 0.677. The van der Waals surface area contributed by atoms with Gasteiger partial charge in [0.25, 0.3) is 5.69 Å². The fourth-order valence-corrected chi connectivity index (χ4v) is 2.71. The molecule has 1 N–H and O–H groups in total. The topological polar surface area (TPSA) is 89.7 Å². The van der Waals surface area contributed by atoms with Crippen molar-refractivity contribution in [2.24, 2.45) is 11.8 Å². The highest BCUT2D eigenvalue weighted by molar-refractivity contribution is 5.92.